The third-order valence-corrected chi connectivity index (χ3v) is 2.06. The molecule has 1 aromatic carbocycles. The molecule has 0 amide bonds. The molecule has 1 N–H and O–H groups in total. The van der Waals surface area contributed by atoms with Crippen molar-refractivity contribution in [3.63, 3.8) is 0 Å². The summed E-state index contributed by atoms with van der Waals surface area (Å²) < 4.78 is 37.7. The van der Waals surface area contributed by atoms with Gasteiger partial charge in [0.25, 0.3) is 5.69 Å². The molecule has 0 bridgehead atoms. The monoisotopic (exact) mass is 231 g/mol. The van der Waals surface area contributed by atoms with Crippen molar-refractivity contribution in [1.82, 2.24) is 10.2 Å². The third-order valence-electron chi connectivity index (χ3n) is 2.06. The number of hydrogen-bond acceptors (Lipinski definition) is 3. The van der Waals surface area contributed by atoms with Gasteiger partial charge in [0.05, 0.1) is 22.2 Å². The Kier molecular flexibility index (Phi) is 2.07. The number of H-pyrrole nitrogens is 1. The molecule has 1 heterocycles. The van der Waals surface area contributed by atoms with Crippen LogP contribution in [0.3, 0.4) is 0 Å². The van der Waals surface area contributed by atoms with Crippen molar-refractivity contribution in [2.45, 2.75) is 6.18 Å². The zero-order valence-corrected chi connectivity index (χ0v) is 7.58. The van der Waals surface area contributed by atoms with Gasteiger partial charge in [0.15, 0.2) is 0 Å². The van der Waals surface area contributed by atoms with Gasteiger partial charge in [0.2, 0.25) is 0 Å². The summed E-state index contributed by atoms with van der Waals surface area (Å²) in [6.07, 6.45) is -3.66. The maximum Gasteiger partial charge on any atom is 0.417 e. The maximum absolute atomic E-state index is 12.6. The molecule has 16 heavy (non-hydrogen) atoms. The minimum absolute atomic E-state index is 0.0125. The molecule has 2 aromatic rings. The van der Waals surface area contributed by atoms with Crippen molar-refractivity contribution in [2.75, 3.05) is 0 Å². The van der Waals surface area contributed by atoms with Gasteiger partial charge in [-0.1, -0.05) is 0 Å². The van der Waals surface area contributed by atoms with Crippen LogP contribution in [-0.2, 0) is 6.18 Å². The lowest BCUT2D eigenvalue weighted by atomic mass is 10.1. The standard InChI is InChI=1S/C8H4F3N3O2/c9-8(10,11)6-1-4(14(15)16)2-7-5(6)3-12-13-7/h1-3H,(H,12,13). The van der Waals surface area contributed by atoms with Crippen LogP contribution in [0.5, 0.6) is 0 Å². The number of aromatic nitrogens is 2. The largest absolute Gasteiger partial charge is 0.417 e. The van der Waals surface area contributed by atoms with E-state index < -0.39 is 22.4 Å². The van der Waals surface area contributed by atoms with Crippen molar-refractivity contribution < 1.29 is 18.1 Å². The molecular formula is C8H4F3N3O2. The smallest absolute Gasteiger partial charge is 0.278 e. The van der Waals surface area contributed by atoms with Gasteiger partial charge in [-0.05, 0) is 0 Å². The number of nitrogens with zero attached hydrogens (tertiary/aromatic N) is 2. The normalized spacial score (nSPS) is 11.9. The van der Waals surface area contributed by atoms with Crippen LogP contribution >= 0.6 is 0 Å². The van der Waals surface area contributed by atoms with Crippen LogP contribution in [0.2, 0.25) is 0 Å². The first-order valence-corrected chi connectivity index (χ1v) is 4.08. The van der Waals surface area contributed by atoms with Gasteiger partial charge in [-0.2, -0.15) is 18.3 Å². The topological polar surface area (TPSA) is 71.8 Å². The Morgan fingerprint density at radius 3 is 2.62 bits per heavy atom. The molecule has 0 radical (unpaired) electrons. The fraction of sp³-hybridized carbons (Fsp3) is 0.125. The second-order valence-corrected chi connectivity index (χ2v) is 3.08. The van der Waals surface area contributed by atoms with E-state index in [-0.39, 0.29) is 10.9 Å². The highest BCUT2D eigenvalue weighted by Gasteiger charge is 2.35. The van der Waals surface area contributed by atoms with E-state index in [0.717, 1.165) is 12.3 Å². The van der Waals surface area contributed by atoms with Crippen LogP contribution in [0.4, 0.5) is 18.9 Å². The van der Waals surface area contributed by atoms with Crippen molar-refractivity contribution in [3.05, 3.63) is 34.0 Å². The predicted molar refractivity (Wildman–Crippen MR) is 47.8 cm³/mol. The summed E-state index contributed by atoms with van der Waals surface area (Å²) in [5.41, 5.74) is -1.70. The summed E-state index contributed by atoms with van der Waals surface area (Å²) in [6.45, 7) is 0. The molecule has 8 heteroatoms. The van der Waals surface area contributed by atoms with Gasteiger partial charge in [0, 0.05) is 17.5 Å². The first kappa shape index (κ1) is 10.4. The summed E-state index contributed by atoms with van der Waals surface area (Å²) in [5, 5.41) is 16.0. The zero-order valence-electron chi connectivity index (χ0n) is 7.58. The molecule has 0 saturated carbocycles. The van der Waals surface area contributed by atoms with Crippen LogP contribution in [0.15, 0.2) is 18.3 Å². The number of nitrogens with one attached hydrogen (secondary N) is 1. The van der Waals surface area contributed by atoms with Gasteiger partial charge in [-0.3, -0.25) is 15.2 Å². The van der Waals surface area contributed by atoms with Gasteiger partial charge >= 0.3 is 6.18 Å². The molecule has 0 saturated heterocycles. The number of fused-ring (bicyclic) bond motifs is 1. The zero-order chi connectivity index (χ0) is 11.9. The summed E-state index contributed by atoms with van der Waals surface area (Å²) >= 11 is 0. The Hall–Kier alpha value is -2.12. The van der Waals surface area contributed by atoms with Crippen molar-refractivity contribution in [2.24, 2.45) is 0 Å². The molecule has 84 valence electrons. The van der Waals surface area contributed by atoms with E-state index in [1.54, 1.807) is 0 Å². The molecule has 5 nitrogen and oxygen atoms in total. The first-order valence-electron chi connectivity index (χ1n) is 4.08. The van der Waals surface area contributed by atoms with Gasteiger partial charge in [-0.15, -0.1) is 0 Å². The van der Waals surface area contributed by atoms with Crippen LogP contribution in [0.1, 0.15) is 5.56 Å². The Morgan fingerprint density at radius 1 is 1.38 bits per heavy atom. The molecule has 0 aliphatic heterocycles. The highest BCUT2D eigenvalue weighted by atomic mass is 19.4. The molecule has 0 aliphatic rings. The summed E-state index contributed by atoms with van der Waals surface area (Å²) in [7, 11) is 0. The lowest BCUT2D eigenvalue weighted by molar-refractivity contribution is -0.385. The Labute approximate surface area is 86.0 Å². The number of benzene rings is 1. The van der Waals surface area contributed by atoms with E-state index in [4.69, 9.17) is 0 Å². The van der Waals surface area contributed by atoms with Crippen molar-refractivity contribution >= 4 is 16.6 Å². The molecule has 0 aliphatic carbocycles. The fourth-order valence-corrected chi connectivity index (χ4v) is 1.38. The first-order chi connectivity index (χ1) is 7.39. The van der Waals surface area contributed by atoms with Crippen LogP contribution in [0.25, 0.3) is 10.9 Å². The minimum Gasteiger partial charge on any atom is -0.278 e. The Bertz CT molecular complexity index is 561. The average Bonchev–Trinajstić information content (AvgIpc) is 2.61. The molecule has 0 fully saturated rings. The van der Waals surface area contributed by atoms with E-state index in [2.05, 4.69) is 10.2 Å². The number of alkyl halides is 3. The summed E-state index contributed by atoms with van der Waals surface area (Å²) in [5.74, 6) is 0. The summed E-state index contributed by atoms with van der Waals surface area (Å²) in [6, 6.07) is 1.51. The van der Waals surface area contributed by atoms with Gasteiger partial charge in [-0.25, -0.2) is 0 Å². The number of hydrogen-bond donors (Lipinski definition) is 1. The Morgan fingerprint density at radius 2 is 2.06 bits per heavy atom. The molecular weight excluding hydrogens is 227 g/mol. The second-order valence-electron chi connectivity index (χ2n) is 3.08. The second kappa shape index (κ2) is 3.19. The summed E-state index contributed by atoms with van der Waals surface area (Å²) in [4.78, 5) is 9.57. The molecule has 0 unspecified atom stereocenters. The van der Waals surface area contributed by atoms with E-state index in [1.165, 1.54) is 0 Å². The number of rotatable bonds is 1. The molecule has 0 atom stereocenters. The maximum atomic E-state index is 12.6. The average molecular weight is 231 g/mol. The third kappa shape index (κ3) is 1.58. The lowest BCUT2D eigenvalue weighted by Gasteiger charge is -2.07. The number of aromatic amines is 1. The predicted octanol–water partition coefficient (Wildman–Crippen LogP) is 2.49. The van der Waals surface area contributed by atoms with Crippen LogP contribution in [-0.4, -0.2) is 15.1 Å². The van der Waals surface area contributed by atoms with Gasteiger partial charge in [0.1, 0.15) is 0 Å². The number of nitro benzene ring substituents is 1. The van der Waals surface area contributed by atoms with Crippen molar-refractivity contribution in [1.29, 1.82) is 0 Å². The molecule has 2 rings (SSSR count). The number of halogens is 3. The van der Waals surface area contributed by atoms with Crippen LogP contribution in [0, 0.1) is 10.1 Å². The van der Waals surface area contributed by atoms with Crippen LogP contribution < -0.4 is 0 Å². The lowest BCUT2D eigenvalue weighted by Crippen LogP contribution is -2.06. The number of non-ortho nitro benzene ring substituents is 1. The van der Waals surface area contributed by atoms with Gasteiger partial charge < -0.3 is 0 Å². The molecule has 0 spiro atoms. The Balaban J connectivity index is 2.79. The number of nitro groups is 1. The van der Waals surface area contributed by atoms with E-state index >= 15 is 0 Å². The fourth-order valence-electron chi connectivity index (χ4n) is 1.38. The van der Waals surface area contributed by atoms with E-state index in [0.29, 0.717) is 6.07 Å². The van der Waals surface area contributed by atoms with Crippen molar-refractivity contribution in [3.8, 4) is 0 Å². The minimum atomic E-state index is -4.64. The molecule has 1 aromatic heterocycles. The highest BCUT2D eigenvalue weighted by Crippen LogP contribution is 2.36. The van der Waals surface area contributed by atoms with E-state index in [9.17, 15) is 23.3 Å². The SMILES string of the molecule is O=[N+]([O-])c1cc(C(F)(F)F)c2cn[nH]c2c1. The quantitative estimate of drug-likeness (QED) is 0.605. The highest BCUT2D eigenvalue weighted by molar-refractivity contribution is 5.84. The van der Waals surface area contributed by atoms with E-state index in [1.807, 2.05) is 0 Å².